The summed E-state index contributed by atoms with van der Waals surface area (Å²) >= 11 is 5.68. The van der Waals surface area contributed by atoms with Gasteiger partial charge in [0.25, 0.3) is 0 Å². The van der Waals surface area contributed by atoms with Crippen LogP contribution in [0.2, 0.25) is 5.02 Å². The number of rotatable bonds is 5. The highest BCUT2D eigenvalue weighted by Crippen LogP contribution is 2.08. The second-order valence-corrected chi connectivity index (χ2v) is 5.53. The lowest BCUT2D eigenvalue weighted by Crippen LogP contribution is -2.25. The number of sulfonamides is 1. The van der Waals surface area contributed by atoms with E-state index in [0.29, 0.717) is 11.4 Å². The third kappa shape index (κ3) is 4.64. The average molecular weight is 247 g/mol. The van der Waals surface area contributed by atoms with Crippen molar-refractivity contribution in [3.63, 3.8) is 0 Å². The first-order valence-corrected chi connectivity index (χ1v) is 6.70. The first-order valence-electron chi connectivity index (χ1n) is 4.67. The molecule has 1 N–H and O–H groups in total. The van der Waals surface area contributed by atoms with E-state index in [-0.39, 0.29) is 12.3 Å². The van der Waals surface area contributed by atoms with Gasteiger partial charge in [-0.15, -0.1) is 0 Å². The predicted octanol–water partition coefficient (Wildman–Crippen LogP) is 1.97. The van der Waals surface area contributed by atoms with E-state index >= 15 is 0 Å². The van der Waals surface area contributed by atoms with Crippen LogP contribution in [0.15, 0.2) is 18.2 Å². The molecule has 0 atom stereocenters. The highest BCUT2D eigenvalue weighted by molar-refractivity contribution is 7.89. The van der Waals surface area contributed by atoms with Crippen LogP contribution in [0.1, 0.15) is 18.9 Å². The van der Waals surface area contributed by atoms with Crippen LogP contribution in [0.3, 0.4) is 0 Å². The number of halogens is 1. The number of benzene rings is 1. The quantitative estimate of drug-likeness (QED) is 0.864. The minimum Gasteiger partial charge on any atom is -0.212 e. The molecule has 0 saturated carbocycles. The van der Waals surface area contributed by atoms with Gasteiger partial charge < -0.3 is 0 Å². The van der Waals surface area contributed by atoms with Crippen molar-refractivity contribution in [3.8, 4) is 0 Å². The molecule has 0 saturated heterocycles. The largest absolute Gasteiger partial charge is 0.212 e. The van der Waals surface area contributed by atoms with Crippen molar-refractivity contribution < 1.29 is 8.42 Å². The maximum absolute atomic E-state index is 11.3. The van der Waals surface area contributed by atoms with Crippen LogP contribution < -0.4 is 4.72 Å². The summed E-state index contributed by atoms with van der Waals surface area (Å²) in [5.41, 5.74) is 0.777. The van der Waals surface area contributed by atoms with E-state index in [1.54, 1.807) is 18.2 Å². The molecule has 1 aromatic carbocycles. The standard InChI is InChI=1S/C10H13ClNO2S/c1-2-7-15(13,14)12-8-9-3-5-10(11)6-4-9/h3,5-6,12H,2,7-8H2,1H3. The molecule has 1 radical (unpaired) electrons. The molecule has 0 amide bonds. The molecule has 0 fully saturated rings. The molecule has 0 aliphatic heterocycles. The van der Waals surface area contributed by atoms with Crippen molar-refractivity contribution >= 4 is 21.6 Å². The van der Waals surface area contributed by atoms with Crippen molar-refractivity contribution in [2.24, 2.45) is 0 Å². The molecular formula is C10H13ClNO2S. The van der Waals surface area contributed by atoms with E-state index in [2.05, 4.69) is 10.8 Å². The van der Waals surface area contributed by atoms with Gasteiger partial charge in [0.2, 0.25) is 10.0 Å². The zero-order chi connectivity index (χ0) is 11.3. The van der Waals surface area contributed by atoms with Gasteiger partial charge in [-0.1, -0.05) is 24.6 Å². The van der Waals surface area contributed by atoms with E-state index < -0.39 is 10.0 Å². The maximum atomic E-state index is 11.3. The van der Waals surface area contributed by atoms with E-state index in [9.17, 15) is 8.42 Å². The van der Waals surface area contributed by atoms with Crippen molar-refractivity contribution in [2.45, 2.75) is 19.9 Å². The van der Waals surface area contributed by atoms with Gasteiger partial charge in [0, 0.05) is 11.6 Å². The minimum atomic E-state index is -3.14. The molecule has 0 aliphatic rings. The first-order chi connectivity index (χ1) is 7.03. The second-order valence-electron chi connectivity index (χ2n) is 3.17. The van der Waals surface area contributed by atoms with Crippen LogP contribution in [-0.4, -0.2) is 14.2 Å². The van der Waals surface area contributed by atoms with Crippen LogP contribution in [-0.2, 0) is 16.6 Å². The monoisotopic (exact) mass is 246 g/mol. The molecule has 0 aromatic heterocycles. The molecule has 1 aromatic rings. The van der Waals surface area contributed by atoms with Gasteiger partial charge in [-0.2, -0.15) is 0 Å². The summed E-state index contributed by atoms with van der Waals surface area (Å²) in [6.07, 6.45) is 0.611. The van der Waals surface area contributed by atoms with Crippen LogP contribution in [0.5, 0.6) is 0 Å². The molecule has 3 nitrogen and oxygen atoms in total. The van der Waals surface area contributed by atoms with Crippen LogP contribution in [0.4, 0.5) is 0 Å². The van der Waals surface area contributed by atoms with Gasteiger partial charge >= 0.3 is 0 Å². The van der Waals surface area contributed by atoms with Crippen molar-refractivity contribution in [3.05, 3.63) is 34.9 Å². The Morgan fingerprint density at radius 2 is 2.20 bits per heavy atom. The van der Waals surface area contributed by atoms with Crippen molar-refractivity contribution in [1.29, 1.82) is 0 Å². The fourth-order valence-electron chi connectivity index (χ4n) is 1.08. The molecule has 15 heavy (non-hydrogen) atoms. The third-order valence-corrected chi connectivity index (χ3v) is 3.56. The second kappa shape index (κ2) is 5.49. The molecule has 0 bridgehead atoms. The Labute approximate surface area is 95.5 Å². The number of hydrogen-bond donors (Lipinski definition) is 1. The highest BCUT2D eigenvalue weighted by Gasteiger charge is 2.07. The Morgan fingerprint density at radius 1 is 1.47 bits per heavy atom. The van der Waals surface area contributed by atoms with E-state index in [1.807, 2.05) is 6.92 Å². The fraction of sp³-hybridized carbons (Fsp3) is 0.400. The van der Waals surface area contributed by atoms with Crippen LogP contribution in [0, 0.1) is 6.07 Å². The fourth-order valence-corrected chi connectivity index (χ4v) is 2.25. The van der Waals surface area contributed by atoms with Gasteiger partial charge in [-0.3, -0.25) is 0 Å². The smallest absolute Gasteiger partial charge is 0.211 e. The Morgan fingerprint density at radius 3 is 2.73 bits per heavy atom. The van der Waals surface area contributed by atoms with Gasteiger partial charge in [-0.05, 0) is 30.2 Å². The molecule has 1 rings (SSSR count). The summed E-state index contributed by atoms with van der Waals surface area (Å²) in [5, 5.41) is 0.593. The summed E-state index contributed by atoms with van der Waals surface area (Å²) in [5.74, 6) is 0.153. The van der Waals surface area contributed by atoms with Crippen molar-refractivity contribution in [1.82, 2.24) is 4.72 Å². The Bertz CT molecular complexity index is 400. The molecule has 83 valence electrons. The molecule has 0 aliphatic carbocycles. The molecule has 0 unspecified atom stereocenters. The van der Waals surface area contributed by atoms with Crippen LogP contribution >= 0.6 is 11.6 Å². The highest BCUT2D eigenvalue weighted by atomic mass is 35.5. The SMILES string of the molecule is CCCS(=O)(=O)NCc1[c]cc(Cl)cc1. The number of hydrogen-bond acceptors (Lipinski definition) is 2. The minimum absolute atomic E-state index is 0.153. The lowest BCUT2D eigenvalue weighted by atomic mass is 10.2. The Balaban J connectivity index is 2.54. The summed E-state index contributed by atoms with van der Waals surface area (Å²) in [4.78, 5) is 0. The number of nitrogens with one attached hydrogen (secondary N) is 1. The van der Waals surface area contributed by atoms with Gasteiger partial charge in [0.15, 0.2) is 0 Å². The molecule has 0 spiro atoms. The lowest BCUT2D eigenvalue weighted by Gasteiger charge is -2.05. The maximum Gasteiger partial charge on any atom is 0.211 e. The van der Waals surface area contributed by atoms with Gasteiger partial charge in [0.1, 0.15) is 0 Å². The average Bonchev–Trinajstić information content (AvgIpc) is 2.17. The van der Waals surface area contributed by atoms with Gasteiger partial charge in [-0.25, -0.2) is 13.1 Å². The third-order valence-electron chi connectivity index (χ3n) is 1.79. The zero-order valence-electron chi connectivity index (χ0n) is 8.46. The van der Waals surface area contributed by atoms with E-state index in [4.69, 9.17) is 11.6 Å². The van der Waals surface area contributed by atoms with E-state index in [0.717, 1.165) is 5.56 Å². The Hall–Kier alpha value is -0.580. The Kier molecular flexibility index (Phi) is 4.57. The molecular weight excluding hydrogens is 234 g/mol. The van der Waals surface area contributed by atoms with Crippen molar-refractivity contribution in [2.75, 3.05) is 5.75 Å². The predicted molar refractivity (Wildman–Crippen MR) is 61.2 cm³/mol. The molecule has 0 heterocycles. The summed E-state index contributed by atoms with van der Waals surface area (Å²) in [7, 11) is -3.14. The summed E-state index contributed by atoms with van der Waals surface area (Å²) < 4.78 is 25.1. The van der Waals surface area contributed by atoms with E-state index in [1.165, 1.54) is 0 Å². The normalized spacial score (nSPS) is 11.6. The van der Waals surface area contributed by atoms with Crippen LogP contribution in [0.25, 0.3) is 0 Å². The zero-order valence-corrected chi connectivity index (χ0v) is 10.0. The lowest BCUT2D eigenvalue weighted by molar-refractivity contribution is 0.580. The topological polar surface area (TPSA) is 46.2 Å². The molecule has 5 heteroatoms. The first kappa shape index (κ1) is 12.5. The summed E-state index contributed by atoms with van der Waals surface area (Å²) in [6.45, 7) is 2.09. The summed E-state index contributed by atoms with van der Waals surface area (Å²) in [6, 6.07) is 7.97. The van der Waals surface area contributed by atoms with Gasteiger partial charge in [0.05, 0.1) is 5.75 Å².